The third kappa shape index (κ3) is 2.56. The summed E-state index contributed by atoms with van der Waals surface area (Å²) in [7, 11) is 1.41. The van der Waals surface area contributed by atoms with E-state index >= 15 is 0 Å². The molecule has 0 N–H and O–H groups in total. The van der Waals surface area contributed by atoms with E-state index in [0.717, 1.165) is 10.4 Å². The summed E-state index contributed by atoms with van der Waals surface area (Å²) in [6.07, 6.45) is 1.39. The predicted octanol–water partition coefficient (Wildman–Crippen LogP) is 2.08. The molecule has 0 unspecified atom stereocenters. The van der Waals surface area contributed by atoms with Crippen LogP contribution in [0, 0.1) is 12.8 Å². The van der Waals surface area contributed by atoms with E-state index in [-0.39, 0.29) is 17.8 Å². The molecule has 0 aromatic carbocycles. The molecule has 2 rings (SSSR count). The SMILES string of the molecule is COC(=O)C1CCN(C(=O)c2sccc2C)CC1. The first-order valence-corrected chi connectivity index (χ1v) is 6.92. The summed E-state index contributed by atoms with van der Waals surface area (Å²) in [5, 5.41) is 1.93. The van der Waals surface area contributed by atoms with Gasteiger partial charge in [-0.3, -0.25) is 9.59 Å². The molecule has 0 aliphatic carbocycles. The summed E-state index contributed by atoms with van der Waals surface area (Å²) in [6, 6.07) is 1.96. The van der Waals surface area contributed by atoms with Crippen molar-refractivity contribution >= 4 is 23.2 Å². The number of likely N-dealkylation sites (tertiary alicyclic amines) is 1. The third-order valence-corrected chi connectivity index (χ3v) is 4.38. The van der Waals surface area contributed by atoms with Crippen LogP contribution in [0.2, 0.25) is 0 Å². The summed E-state index contributed by atoms with van der Waals surface area (Å²) < 4.78 is 4.74. The number of amides is 1. The van der Waals surface area contributed by atoms with E-state index in [1.165, 1.54) is 18.4 Å². The first-order chi connectivity index (χ1) is 8.63. The summed E-state index contributed by atoms with van der Waals surface area (Å²) in [5.41, 5.74) is 1.03. The van der Waals surface area contributed by atoms with Crippen molar-refractivity contribution in [3.63, 3.8) is 0 Å². The van der Waals surface area contributed by atoms with Gasteiger partial charge in [0.05, 0.1) is 17.9 Å². The predicted molar refractivity (Wildman–Crippen MR) is 69.7 cm³/mol. The van der Waals surface area contributed by atoms with Crippen LogP contribution in [-0.4, -0.2) is 37.0 Å². The number of carbonyl (C=O) groups is 2. The average Bonchev–Trinajstić information content (AvgIpc) is 2.83. The summed E-state index contributed by atoms with van der Waals surface area (Å²) >= 11 is 1.48. The second kappa shape index (κ2) is 5.52. The second-order valence-electron chi connectivity index (χ2n) is 4.52. The minimum Gasteiger partial charge on any atom is -0.469 e. The van der Waals surface area contributed by atoms with Gasteiger partial charge in [0, 0.05) is 13.1 Å². The normalized spacial score (nSPS) is 16.7. The van der Waals surface area contributed by atoms with Crippen LogP contribution in [0.3, 0.4) is 0 Å². The van der Waals surface area contributed by atoms with Gasteiger partial charge in [-0.2, -0.15) is 0 Å². The van der Waals surface area contributed by atoms with Crippen LogP contribution < -0.4 is 0 Å². The van der Waals surface area contributed by atoms with Gasteiger partial charge in [0.1, 0.15) is 0 Å². The molecule has 0 saturated carbocycles. The van der Waals surface area contributed by atoms with Crippen molar-refractivity contribution in [3.8, 4) is 0 Å². The Kier molecular flexibility index (Phi) is 4.01. The van der Waals surface area contributed by atoms with Gasteiger partial charge in [-0.25, -0.2) is 0 Å². The standard InChI is InChI=1S/C13H17NO3S/c1-9-5-8-18-11(9)12(15)14-6-3-10(4-7-14)13(16)17-2/h5,8,10H,3-4,6-7H2,1-2H3. The first-order valence-electron chi connectivity index (χ1n) is 6.04. The van der Waals surface area contributed by atoms with Crippen molar-refractivity contribution in [2.24, 2.45) is 5.92 Å². The lowest BCUT2D eigenvalue weighted by atomic mass is 9.97. The molecular formula is C13H17NO3S. The molecule has 1 fully saturated rings. The summed E-state index contributed by atoms with van der Waals surface area (Å²) in [5.74, 6) is -0.122. The van der Waals surface area contributed by atoms with Gasteiger partial charge in [-0.1, -0.05) is 0 Å². The van der Waals surface area contributed by atoms with Crippen molar-refractivity contribution in [3.05, 3.63) is 21.9 Å². The first kappa shape index (κ1) is 13.1. The van der Waals surface area contributed by atoms with E-state index < -0.39 is 0 Å². The fraction of sp³-hybridized carbons (Fsp3) is 0.538. The molecule has 0 radical (unpaired) electrons. The number of carbonyl (C=O) groups excluding carboxylic acids is 2. The number of hydrogen-bond donors (Lipinski definition) is 0. The van der Waals surface area contributed by atoms with Gasteiger partial charge >= 0.3 is 5.97 Å². The molecule has 18 heavy (non-hydrogen) atoms. The molecular weight excluding hydrogens is 250 g/mol. The number of hydrogen-bond acceptors (Lipinski definition) is 4. The topological polar surface area (TPSA) is 46.6 Å². The highest BCUT2D eigenvalue weighted by atomic mass is 32.1. The van der Waals surface area contributed by atoms with Crippen LogP contribution in [-0.2, 0) is 9.53 Å². The van der Waals surface area contributed by atoms with Crippen LogP contribution in [0.4, 0.5) is 0 Å². The quantitative estimate of drug-likeness (QED) is 0.771. The molecule has 1 amide bonds. The zero-order valence-corrected chi connectivity index (χ0v) is 11.5. The van der Waals surface area contributed by atoms with Crippen molar-refractivity contribution in [2.45, 2.75) is 19.8 Å². The Bertz CT molecular complexity index is 447. The number of thiophene rings is 1. The average molecular weight is 267 g/mol. The van der Waals surface area contributed by atoms with Gasteiger partial charge in [-0.05, 0) is 36.8 Å². The van der Waals surface area contributed by atoms with Crippen molar-refractivity contribution in [1.82, 2.24) is 4.90 Å². The maximum Gasteiger partial charge on any atom is 0.308 e. The highest BCUT2D eigenvalue weighted by Crippen LogP contribution is 2.23. The lowest BCUT2D eigenvalue weighted by molar-refractivity contribution is -0.146. The zero-order chi connectivity index (χ0) is 13.1. The number of methoxy groups -OCH3 is 1. The highest BCUT2D eigenvalue weighted by molar-refractivity contribution is 7.12. The fourth-order valence-electron chi connectivity index (χ4n) is 2.22. The molecule has 5 heteroatoms. The lowest BCUT2D eigenvalue weighted by Gasteiger charge is -2.30. The van der Waals surface area contributed by atoms with Gasteiger partial charge in [-0.15, -0.1) is 11.3 Å². The molecule has 1 saturated heterocycles. The molecule has 2 heterocycles. The fourth-order valence-corrected chi connectivity index (χ4v) is 3.11. The van der Waals surface area contributed by atoms with Crippen molar-refractivity contribution < 1.29 is 14.3 Å². The molecule has 0 spiro atoms. The Morgan fingerprint density at radius 1 is 1.39 bits per heavy atom. The number of ether oxygens (including phenoxy) is 1. The van der Waals surface area contributed by atoms with Gasteiger partial charge < -0.3 is 9.64 Å². The van der Waals surface area contributed by atoms with Crippen LogP contribution in [0.5, 0.6) is 0 Å². The van der Waals surface area contributed by atoms with E-state index in [1.807, 2.05) is 23.3 Å². The molecule has 1 aromatic rings. The minimum absolute atomic E-state index is 0.0523. The van der Waals surface area contributed by atoms with E-state index in [9.17, 15) is 9.59 Å². The Morgan fingerprint density at radius 2 is 2.06 bits per heavy atom. The van der Waals surface area contributed by atoms with Crippen LogP contribution in [0.15, 0.2) is 11.4 Å². The van der Waals surface area contributed by atoms with Gasteiger partial charge in [0.15, 0.2) is 0 Å². The Hall–Kier alpha value is -1.36. The number of rotatable bonds is 2. The number of aryl methyl sites for hydroxylation is 1. The monoisotopic (exact) mass is 267 g/mol. The Balaban J connectivity index is 1.96. The largest absolute Gasteiger partial charge is 0.469 e. The molecule has 1 aliphatic rings. The number of nitrogens with zero attached hydrogens (tertiary/aromatic N) is 1. The van der Waals surface area contributed by atoms with E-state index in [2.05, 4.69) is 0 Å². The van der Waals surface area contributed by atoms with E-state index in [4.69, 9.17) is 4.74 Å². The number of esters is 1. The molecule has 1 aromatic heterocycles. The lowest BCUT2D eigenvalue weighted by Crippen LogP contribution is -2.40. The highest BCUT2D eigenvalue weighted by Gasteiger charge is 2.29. The maximum absolute atomic E-state index is 12.2. The molecule has 1 aliphatic heterocycles. The number of piperidine rings is 1. The Morgan fingerprint density at radius 3 is 2.56 bits per heavy atom. The smallest absolute Gasteiger partial charge is 0.308 e. The zero-order valence-electron chi connectivity index (χ0n) is 10.6. The van der Waals surface area contributed by atoms with E-state index in [1.54, 1.807) is 0 Å². The van der Waals surface area contributed by atoms with Crippen molar-refractivity contribution in [2.75, 3.05) is 20.2 Å². The molecule has 0 bridgehead atoms. The van der Waals surface area contributed by atoms with E-state index in [0.29, 0.717) is 25.9 Å². The van der Waals surface area contributed by atoms with Crippen molar-refractivity contribution in [1.29, 1.82) is 0 Å². The Labute approximate surface area is 111 Å². The second-order valence-corrected chi connectivity index (χ2v) is 5.44. The summed E-state index contributed by atoms with van der Waals surface area (Å²) in [4.78, 5) is 26.3. The molecule has 4 nitrogen and oxygen atoms in total. The minimum atomic E-state index is -0.158. The van der Waals surface area contributed by atoms with Crippen LogP contribution in [0.1, 0.15) is 28.1 Å². The van der Waals surface area contributed by atoms with Gasteiger partial charge in [0.25, 0.3) is 5.91 Å². The maximum atomic E-state index is 12.2. The van der Waals surface area contributed by atoms with Crippen LogP contribution in [0.25, 0.3) is 0 Å². The molecule has 98 valence electrons. The van der Waals surface area contributed by atoms with Crippen LogP contribution >= 0.6 is 11.3 Å². The third-order valence-electron chi connectivity index (χ3n) is 3.37. The molecule has 0 atom stereocenters. The van der Waals surface area contributed by atoms with Gasteiger partial charge in [0.2, 0.25) is 0 Å². The summed E-state index contributed by atoms with van der Waals surface area (Å²) in [6.45, 7) is 3.22.